The van der Waals surface area contributed by atoms with Gasteiger partial charge in [0.2, 0.25) is 0 Å². The number of rotatable bonds is 5. The molecule has 3 rings (SSSR count). The van der Waals surface area contributed by atoms with E-state index < -0.39 is 0 Å². The second-order valence-corrected chi connectivity index (χ2v) is 6.78. The van der Waals surface area contributed by atoms with Gasteiger partial charge >= 0.3 is 0 Å². The lowest BCUT2D eigenvalue weighted by molar-refractivity contribution is 0.0950. The Morgan fingerprint density at radius 2 is 1.96 bits per heavy atom. The lowest BCUT2D eigenvalue weighted by Gasteiger charge is -2.32. The highest BCUT2D eigenvalue weighted by Gasteiger charge is 2.16. The molecule has 1 fully saturated rings. The smallest absolute Gasteiger partial charge is 0.254 e. The third-order valence-corrected chi connectivity index (χ3v) is 4.70. The van der Waals surface area contributed by atoms with Crippen molar-refractivity contribution in [3.8, 4) is 0 Å². The average molecular weight is 338 g/mol. The summed E-state index contributed by atoms with van der Waals surface area (Å²) in [5.74, 6) is 1.37. The van der Waals surface area contributed by atoms with Crippen molar-refractivity contribution in [1.82, 2.24) is 15.3 Å². The summed E-state index contributed by atoms with van der Waals surface area (Å²) in [6, 6.07) is 8.48. The average Bonchev–Trinajstić information content (AvgIpc) is 2.66. The van der Waals surface area contributed by atoms with E-state index in [2.05, 4.69) is 51.4 Å². The molecule has 2 heterocycles. The third-order valence-electron chi connectivity index (χ3n) is 4.70. The van der Waals surface area contributed by atoms with E-state index in [4.69, 9.17) is 0 Å². The Morgan fingerprint density at radius 1 is 1.24 bits per heavy atom. The first kappa shape index (κ1) is 17.4. The number of piperidine rings is 1. The summed E-state index contributed by atoms with van der Waals surface area (Å²) in [5, 5.41) is 2.93. The van der Waals surface area contributed by atoms with E-state index in [0.717, 1.165) is 36.8 Å². The molecule has 1 amide bonds. The molecule has 5 heteroatoms. The summed E-state index contributed by atoms with van der Waals surface area (Å²) < 4.78 is 0. The molecule has 132 valence electrons. The minimum Gasteiger partial charge on any atom is -0.371 e. The fraction of sp³-hybridized carbons (Fsp3) is 0.450. The minimum atomic E-state index is -0.142. The van der Waals surface area contributed by atoms with Crippen molar-refractivity contribution >= 4 is 11.6 Å². The monoisotopic (exact) mass is 338 g/mol. The number of hydrogen-bond acceptors (Lipinski definition) is 4. The number of aromatic nitrogens is 2. The fourth-order valence-electron chi connectivity index (χ4n) is 3.19. The molecule has 0 saturated carbocycles. The van der Waals surface area contributed by atoms with Crippen molar-refractivity contribution in [1.29, 1.82) is 0 Å². The molecule has 1 N–H and O–H groups in total. The van der Waals surface area contributed by atoms with Gasteiger partial charge in [0.1, 0.15) is 5.82 Å². The van der Waals surface area contributed by atoms with Gasteiger partial charge in [-0.05, 0) is 36.5 Å². The number of carbonyl (C=O) groups is 1. The highest BCUT2D eigenvalue weighted by molar-refractivity contribution is 5.93. The van der Waals surface area contributed by atoms with Crippen LogP contribution in [-0.2, 0) is 13.0 Å². The molecule has 5 nitrogen and oxygen atoms in total. The standard InChI is InChI=1S/C20H26N4O/c1-3-19-21-12-17(13-22-19)20(25)23-11-16-6-8-18(9-7-16)24-10-4-5-15(2)14-24/h6-9,12-13,15H,3-5,10-11,14H2,1-2H3,(H,23,25). The molecule has 2 aromatic rings. The first-order chi connectivity index (χ1) is 12.2. The third kappa shape index (κ3) is 4.56. The van der Waals surface area contributed by atoms with E-state index in [1.807, 2.05) is 6.92 Å². The normalized spacial score (nSPS) is 17.4. The maximum atomic E-state index is 12.2. The van der Waals surface area contributed by atoms with Crippen molar-refractivity contribution in [2.24, 2.45) is 5.92 Å². The van der Waals surface area contributed by atoms with E-state index in [1.165, 1.54) is 18.5 Å². The molecule has 1 atom stereocenters. The summed E-state index contributed by atoms with van der Waals surface area (Å²) in [6.07, 6.45) is 6.52. The van der Waals surface area contributed by atoms with Gasteiger partial charge in [-0.25, -0.2) is 9.97 Å². The van der Waals surface area contributed by atoms with Crippen LogP contribution in [0.25, 0.3) is 0 Å². The van der Waals surface area contributed by atoms with Crippen LogP contribution in [-0.4, -0.2) is 29.0 Å². The zero-order chi connectivity index (χ0) is 17.6. The van der Waals surface area contributed by atoms with Gasteiger partial charge in [0.05, 0.1) is 5.56 Å². The van der Waals surface area contributed by atoms with Gasteiger partial charge in [-0.1, -0.05) is 26.0 Å². The van der Waals surface area contributed by atoms with Gasteiger partial charge in [0, 0.05) is 44.1 Å². The summed E-state index contributed by atoms with van der Waals surface area (Å²) >= 11 is 0. The zero-order valence-electron chi connectivity index (χ0n) is 15.0. The quantitative estimate of drug-likeness (QED) is 0.909. The number of hydrogen-bond donors (Lipinski definition) is 1. The number of nitrogens with one attached hydrogen (secondary N) is 1. The van der Waals surface area contributed by atoms with E-state index in [9.17, 15) is 4.79 Å². The van der Waals surface area contributed by atoms with E-state index >= 15 is 0 Å². The number of carbonyl (C=O) groups excluding carboxylic acids is 1. The first-order valence-electron chi connectivity index (χ1n) is 9.08. The molecule has 1 unspecified atom stereocenters. The van der Waals surface area contributed by atoms with Gasteiger partial charge in [0.25, 0.3) is 5.91 Å². The molecule has 1 aliphatic heterocycles. The molecule has 0 radical (unpaired) electrons. The zero-order valence-corrected chi connectivity index (χ0v) is 15.0. The predicted molar refractivity (Wildman–Crippen MR) is 99.6 cm³/mol. The van der Waals surface area contributed by atoms with Crippen molar-refractivity contribution in [3.05, 3.63) is 53.6 Å². The van der Waals surface area contributed by atoms with Crippen LogP contribution in [0.15, 0.2) is 36.7 Å². The van der Waals surface area contributed by atoms with Crippen LogP contribution in [0.3, 0.4) is 0 Å². The molecule has 1 saturated heterocycles. The van der Waals surface area contributed by atoms with E-state index in [1.54, 1.807) is 12.4 Å². The summed E-state index contributed by atoms with van der Waals surface area (Å²) in [6.45, 7) is 7.07. The molecule has 1 aromatic heterocycles. The Balaban J connectivity index is 1.55. The van der Waals surface area contributed by atoms with Gasteiger partial charge in [-0.15, -0.1) is 0 Å². The van der Waals surface area contributed by atoms with Gasteiger partial charge < -0.3 is 10.2 Å². The lowest BCUT2D eigenvalue weighted by atomic mass is 9.99. The molecule has 0 spiro atoms. The van der Waals surface area contributed by atoms with Gasteiger partial charge in [0.15, 0.2) is 0 Å². The number of benzene rings is 1. The SMILES string of the molecule is CCc1ncc(C(=O)NCc2ccc(N3CCCC(C)C3)cc2)cn1. The van der Waals surface area contributed by atoms with Crippen LogP contribution in [0.5, 0.6) is 0 Å². The second kappa shape index (κ2) is 8.10. The number of anilines is 1. The minimum absolute atomic E-state index is 0.142. The van der Waals surface area contributed by atoms with Crippen LogP contribution >= 0.6 is 0 Å². The van der Waals surface area contributed by atoms with Crippen LogP contribution in [0, 0.1) is 5.92 Å². The molecule has 0 aliphatic carbocycles. The summed E-state index contributed by atoms with van der Waals surface area (Å²) in [7, 11) is 0. The molecule has 0 bridgehead atoms. The Kier molecular flexibility index (Phi) is 5.64. The van der Waals surface area contributed by atoms with Gasteiger partial charge in [-0.3, -0.25) is 4.79 Å². The number of nitrogens with zero attached hydrogens (tertiary/aromatic N) is 3. The fourth-order valence-corrected chi connectivity index (χ4v) is 3.19. The molecule has 25 heavy (non-hydrogen) atoms. The van der Waals surface area contributed by atoms with Crippen LogP contribution < -0.4 is 10.2 Å². The summed E-state index contributed by atoms with van der Waals surface area (Å²) in [5.41, 5.74) is 2.86. The highest BCUT2D eigenvalue weighted by atomic mass is 16.1. The maximum Gasteiger partial charge on any atom is 0.254 e. The van der Waals surface area contributed by atoms with Crippen LogP contribution in [0.1, 0.15) is 48.4 Å². The predicted octanol–water partition coefficient (Wildman–Crippen LogP) is 3.21. The van der Waals surface area contributed by atoms with E-state index in [0.29, 0.717) is 12.1 Å². The maximum absolute atomic E-state index is 12.2. The second-order valence-electron chi connectivity index (χ2n) is 6.78. The van der Waals surface area contributed by atoms with E-state index in [-0.39, 0.29) is 5.91 Å². The van der Waals surface area contributed by atoms with Crippen molar-refractivity contribution in [3.63, 3.8) is 0 Å². The van der Waals surface area contributed by atoms with Crippen LogP contribution in [0.4, 0.5) is 5.69 Å². The van der Waals surface area contributed by atoms with Crippen molar-refractivity contribution in [2.45, 2.75) is 39.7 Å². The Bertz CT molecular complexity index is 697. The summed E-state index contributed by atoms with van der Waals surface area (Å²) in [4.78, 5) is 22.9. The van der Waals surface area contributed by atoms with Crippen molar-refractivity contribution < 1.29 is 4.79 Å². The number of aryl methyl sites for hydroxylation is 1. The van der Waals surface area contributed by atoms with Gasteiger partial charge in [-0.2, -0.15) is 0 Å². The topological polar surface area (TPSA) is 58.1 Å². The highest BCUT2D eigenvalue weighted by Crippen LogP contribution is 2.23. The molecular formula is C20H26N4O. The largest absolute Gasteiger partial charge is 0.371 e. The lowest BCUT2D eigenvalue weighted by Crippen LogP contribution is -2.34. The Morgan fingerprint density at radius 3 is 2.60 bits per heavy atom. The molecular weight excluding hydrogens is 312 g/mol. The first-order valence-corrected chi connectivity index (χ1v) is 9.08. The number of amides is 1. The molecule has 1 aromatic carbocycles. The Labute approximate surface area is 149 Å². The Hall–Kier alpha value is -2.43. The van der Waals surface area contributed by atoms with Crippen molar-refractivity contribution in [2.75, 3.05) is 18.0 Å². The van der Waals surface area contributed by atoms with Crippen LogP contribution in [0.2, 0.25) is 0 Å². The molecule has 1 aliphatic rings.